The smallest absolute Gasteiger partial charge is 0.274 e. The number of amides is 2. The normalized spacial score (nSPS) is 14.1. The van der Waals surface area contributed by atoms with Crippen LogP contribution in [-0.2, 0) is 4.79 Å². The van der Waals surface area contributed by atoms with Gasteiger partial charge in [0.2, 0.25) is 5.91 Å². The minimum absolute atomic E-state index is 0.103. The number of carbonyl (C=O) groups is 2. The second-order valence-corrected chi connectivity index (χ2v) is 8.47. The molecule has 1 fully saturated rings. The van der Waals surface area contributed by atoms with Crippen molar-refractivity contribution in [2.24, 2.45) is 5.92 Å². The van der Waals surface area contributed by atoms with Gasteiger partial charge in [-0.15, -0.1) is 0 Å². The van der Waals surface area contributed by atoms with Gasteiger partial charge < -0.3 is 14.7 Å². The van der Waals surface area contributed by atoms with Gasteiger partial charge in [0.1, 0.15) is 5.69 Å². The predicted octanol–water partition coefficient (Wildman–Crippen LogP) is 3.01. The number of rotatable bonds is 8. The fourth-order valence-corrected chi connectivity index (χ4v) is 3.80. The molecular formula is C24H33N5O2. The Bertz CT molecular complexity index is 863. The van der Waals surface area contributed by atoms with Gasteiger partial charge in [-0.2, -0.15) is 0 Å². The summed E-state index contributed by atoms with van der Waals surface area (Å²) < 4.78 is 0. The van der Waals surface area contributed by atoms with Crippen LogP contribution in [0.3, 0.4) is 0 Å². The summed E-state index contributed by atoms with van der Waals surface area (Å²) in [5.41, 5.74) is 2.82. The Morgan fingerprint density at radius 3 is 2.45 bits per heavy atom. The van der Waals surface area contributed by atoms with E-state index in [1.807, 2.05) is 11.0 Å². The van der Waals surface area contributed by atoms with E-state index in [0.29, 0.717) is 44.2 Å². The number of nitrogens with zero attached hydrogens (tertiary/aromatic N) is 5. The Hall–Kier alpha value is -2.96. The van der Waals surface area contributed by atoms with Crippen molar-refractivity contribution in [1.82, 2.24) is 19.8 Å². The Labute approximate surface area is 185 Å². The molecule has 0 bridgehead atoms. The van der Waals surface area contributed by atoms with Crippen LogP contribution < -0.4 is 4.90 Å². The topological polar surface area (TPSA) is 69.6 Å². The molecule has 2 amide bonds. The highest BCUT2D eigenvalue weighted by molar-refractivity contribution is 5.92. The largest absolute Gasteiger partial charge is 0.368 e. The number of carbonyl (C=O) groups excluding carboxylic acids is 2. The van der Waals surface area contributed by atoms with Crippen LogP contribution in [0.1, 0.15) is 42.7 Å². The van der Waals surface area contributed by atoms with Crippen molar-refractivity contribution in [2.75, 3.05) is 44.2 Å². The number of aromatic nitrogens is 2. The monoisotopic (exact) mass is 423 g/mol. The van der Waals surface area contributed by atoms with Gasteiger partial charge in [-0.25, -0.2) is 4.98 Å². The first-order chi connectivity index (χ1) is 15.0. The molecule has 1 aliphatic heterocycles. The Morgan fingerprint density at radius 1 is 1.06 bits per heavy atom. The van der Waals surface area contributed by atoms with E-state index in [2.05, 4.69) is 53.8 Å². The molecule has 0 atom stereocenters. The summed E-state index contributed by atoms with van der Waals surface area (Å²) in [6, 6.07) is 8.36. The number of anilines is 1. The molecule has 0 aliphatic carbocycles. The molecule has 1 aliphatic rings. The van der Waals surface area contributed by atoms with Crippen LogP contribution in [0.25, 0.3) is 0 Å². The van der Waals surface area contributed by atoms with Gasteiger partial charge in [-0.3, -0.25) is 14.6 Å². The van der Waals surface area contributed by atoms with Crippen LogP contribution in [0.2, 0.25) is 0 Å². The third-order valence-corrected chi connectivity index (χ3v) is 5.73. The van der Waals surface area contributed by atoms with Crippen molar-refractivity contribution in [3.05, 3.63) is 54.1 Å². The standard InChI is InChI=1S/C24H33N5O2/c1-19(2)8-12-29(24(31)21-18-25-10-11-26-21)13-9-23(30)28-16-14-27(15-17-28)22-7-5-4-6-20(22)3/h4-7,10-11,18-19H,8-9,12-17H2,1-3H3. The van der Waals surface area contributed by atoms with Crippen molar-refractivity contribution < 1.29 is 9.59 Å². The molecular weight excluding hydrogens is 390 g/mol. The predicted molar refractivity (Wildman–Crippen MR) is 122 cm³/mol. The molecule has 3 rings (SSSR count). The lowest BCUT2D eigenvalue weighted by Crippen LogP contribution is -2.49. The van der Waals surface area contributed by atoms with E-state index in [9.17, 15) is 9.59 Å². The van der Waals surface area contributed by atoms with E-state index in [1.54, 1.807) is 11.1 Å². The summed E-state index contributed by atoms with van der Waals surface area (Å²) in [5, 5.41) is 0. The van der Waals surface area contributed by atoms with E-state index in [1.165, 1.54) is 23.6 Å². The number of hydrogen-bond acceptors (Lipinski definition) is 5. The van der Waals surface area contributed by atoms with Gasteiger partial charge in [0, 0.05) is 63.8 Å². The van der Waals surface area contributed by atoms with Crippen molar-refractivity contribution >= 4 is 17.5 Å². The fourth-order valence-electron chi connectivity index (χ4n) is 3.80. The summed E-state index contributed by atoms with van der Waals surface area (Å²) >= 11 is 0. The van der Waals surface area contributed by atoms with Crippen LogP contribution in [0.4, 0.5) is 5.69 Å². The highest BCUT2D eigenvalue weighted by Gasteiger charge is 2.24. The summed E-state index contributed by atoms with van der Waals surface area (Å²) in [5.74, 6) is 0.416. The van der Waals surface area contributed by atoms with E-state index in [0.717, 1.165) is 19.5 Å². The first kappa shape index (κ1) is 22.7. The number of para-hydroxylation sites is 1. The molecule has 1 saturated heterocycles. The quantitative estimate of drug-likeness (QED) is 0.653. The first-order valence-electron chi connectivity index (χ1n) is 11.1. The fraction of sp³-hybridized carbons (Fsp3) is 0.500. The average Bonchev–Trinajstić information content (AvgIpc) is 2.79. The average molecular weight is 424 g/mol. The molecule has 0 unspecified atom stereocenters. The molecule has 7 nitrogen and oxygen atoms in total. The highest BCUT2D eigenvalue weighted by Crippen LogP contribution is 2.21. The van der Waals surface area contributed by atoms with Crippen LogP contribution in [-0.4, -0.2) is 70.9 Å². The molecule has 7 heteroatoms. The Morgan fingerprint density at radius 2 is 1.81 bits per heavy atom. The van der Waals surface area contributed by atoms with E-state index < -0.39 is 0 Å². The van der Waals surface area contributed by atoms with Gasteiger partial charge in [0.05, 0.1) is 6.20 Å². The van der Waals surface area contributed by atoms with Crippen LogP contribution in [0.15, 0.2) is 42.9 Å². The van der Waals surface area contributed by atoms with E-state index >= 15 is 0 Å². The number of aryl methyl sites for hydroxylation is 1. The molecule has 1 aromatic carbocycles. The maximum atomic E-state index is 12.9. The van der Waals surface area contributed by atoms with Crippen LogP contribution in [0.5, 0.6) is 0 Å². The SMILES string of the molecule is Cc1ccccc1N1CCN(C(=O)CCN(CCC(C)C)C(=O)c2cnccn2)CC1. The van der Waals surface area contributed by atoms with E-state index in [4.69, 9.17) is 0 Å². The second kappa shape index (κ2) is 10.9. The lowest BCUT2D eigenvalue weighted by molar-refractivity contribution is -0.131. The zero-order valence-corrected chi connectivity index (χ0v) is 18.8. The van der Waals surface area contributed by atoms with Gasteiger partial charge >= 0.3 is 0 Å². The van der Waals surface area contributed by atoms with Crippen molar-refractivity contribution in [3.63, 3.8) is 0 Å². The molecule has 2 aromatic rings. The number of hydrogen-bond donors (Lipinski definition) is 0. The summed E-state index contributed by atoms with van der Waals surface area (Å²) in [6.07, 6.45) is 5.77. The minimum atomic E-state index is -0.161. The molecule has 31 heavy (non-hydrogen) atoms. The number of benzene rings is 1. The first-order valence-corrected chi connectivity index (χ1v) is 11.1. The highest BCUT2D eigenvalue weighted by atomic mass is 16.2. The maximum Gasteiger partial charge on any atom is 0.274 e. The summed E-state index contributed by atoms with van der Waals surface area (Å²) in [7, 11) is 0. The van der Waals surface area contributed by atoms with Crippen molar-refractivity contribution in [1.29, 1.82) is 0 Å². The molecule has 2 heterocycles. The number of piperazine rings is 1. The zero-order chi connectivity index (χ0) is 22.2. The molecule has 1 aromatic heterocycles. The van der Waals surface area contributed by atoms with Crippen LogP contribution in [0, 0.1) is 12.8 Å². The summed E-state index contributed by atoms with van der Waals surface area (Å²) in [6.45, 7) is 10.5. The van der Waals surface area contributed by atoms with Gasteiger partial charge in [0.25, 0.3) is 5.91 Å². The lowest BCUT2D eigenvalue weighted by atomic mass is 10.1. The Kier molecular flexibility index (Phi) is 7.98. The van der Waals surface area contributed by atoms with Gasteiger partial charge in [-0.05, 0) is 30.9 Å². The maximum absolute atomic E-state index is 12.9. The van der Waals surface area contributed by atoms with Crippen molar-refractivity contribution in [3.8, 4) is 0 Å². The minimum Gasteiger partial charge on any atom is -0.368 e. The third kappa shape index (κ3) is 6.26. The zero-order valence-electron chi connectivity index (χ0n) is 18.8. The molecule has 0 N–H and O–H groups in total. The molecule has 0 radical (unpaired) electrons. The molecule has 166 valence electrons. The van der Waals surface area contributed by atoms with E-state index in [-0.39, 0.29) is 11.8 Å². The molecule has 0 saturated carbocycles. The third-order valence-electron chi connectivity index (χ3n) is 5.73. The molecule has 0 spiro atoms. The Balaban J connectivity index is 1.54. The van der Waals surface area contributed by atoms with Gasteiger partial charge in [0.15, 0.2) is 0 Å². The second-order valence-electron chi connectivity index (χ2n) is 8.47. The van der Waals surface area contributed by atoms with Gasteiger partial charge in [-0.1, -0.05) is 32.0 Å². The summed E-state index contributed by atoms with van der Waals surface area (Å²) in [4.78, 5) is 39.9. The van der Waals surface area contributed by atoms with Crippen molar-refractivity contribution in [2.45, 2.75) is 33.6 Å². The lowest BCUT2D eigenvalue weighted by Gasteiger charge is -2.37. The van der Waals surface area contributed by atoms with Crippen LogP contribution >= 0.6 is 0 Å².